The second kappa shape index (κ2) is 15.6. The molecule has 0 saturated heterocycles. The average molecular weight is 628 g/mol. The van der Waals surface area contributed by atoms with Crippen LogP contribution in [0.1, 0.15) is 31.7 Å². The quantitative estimate of drug-likeness (QED) is 0.156. The van der Waals surface area contributed by atoms with Crippen molar-refractivity contribution in [2.75, 3.05) is 33.4 Å². The predicted molar refractivity (Wildman–Crippen MR) is 139 cm³/mol. The van der Waals surface area contributed by atoms with Gasteiger partial charge < -0.3 is 29.0 Å². The van der Waals surface area contributed by atoms with Crippen LogP contribution in [0.2, 0.25) is 0 Å². The van der Waals surface area contributed by atoms with Crippen molar-refractivity contribution in [3.05, 3.63) is 54.1 Å². The van der Waals surface area contributed by atoms with E-state index in [4.69, 9.17) is 18.9 Å². The molecular formula is C28H32F7NO7. The SMILES string of the molecule is CCOC(Cc1ccc(OCCN(CCCCC(F)(F)C(F)(F)C(F)(F)F)C(=O)Oc2cccc(OC)c2)cc1)C(=O)O. The second-order valence-corrected chi connectivity index (χ2v) is 9.25. The zero-order valence-electron chi connectivity index (χ0n) is 23.3. The smallest absolute Gasteiger partial charge is 0.459 e. The Hall–Kier alpha value is -3.75. The van der Waals surface area contributed by atoms with Crippen LogP contribution in [-0.2, 0) is 16.0 Å². The highest BCUT2D eigenvalue weighted by Gasteiger charge is 2.72. The number of carboxylic acid groups (broad SMARTS) is 1. The van der Waals surface area contributed by atoms with E-state index in [1.54, 1.807) is 37.3 Å². The van der Waals surface area contributed by atoms with Crippen LogP contribution >= 0.6 is 0 Å². The predicted octanol–water partition coefficient (Wildman–Crippen LogP) is 6.61. The lowest BCUT2D eigenvalue weighted by atomic mass is 10.0. The molecule has 0 aromatic heterocycles. The summed E-state index contributed by atoms with van der Waals surface area (Å²) in [5, 5.41) is 9.22. The molecule has 1 unspecified atom stereocenters. The van der Waals surface area contributed by atoms with Crippen LogP contribution in [-0.4, -0.2) is 79.6 Å². The normalized spacial score (nSPS) is 12.9. The summed E-state index contributed by atoms with van der Waals surface area (Å²) in [6.45, 7) is 1.28. The van der Waals surface area contributed by atoms with E-state index in [0.717, 1.165) is 4.90 Å². The van der Waals surface area contributed by atoms with Gasteiger partial charge in [0.25, 0.3) is 0 Å². The molecule has 8 nitrogen and oxygen atoms in total. The van der Waals surface area contributed by atoms with E-state index in [0.29, 0.717) is 17.1 Å². The molecule has 0 aliphatic carbocycles. The molecule has 15 heteroatoms. The number of benzene rings is 2. The van der Waals surface area contributed by atoms with Crippen LogP contribution in [0.5, 0.6) is 17.2 Å². The van der Waals surface area contributed by atoms with Gasteiger partial charge in [0.1, 0.15) is 23.9 Å². The van der Waals surface area contributed by atoms with Gasteiger partial charge >= 0.3 is 30.1 Å². The lowest BCUT2D eigenvalue weighted by Gasteiger charge is -2.28. The van der Waals surface area contributed by atoms with Crippen molar-refractivity contribution in [3.8, 4) is 17.2 Å². The third-order valence-corrected chi connectivity index (χ3v) is 6.11. The molecule has 240 valence electrons. The lowest BCUT2D eigenvalue weighted by Crippen LogP contribution is -2.51. The molecule has 0 bridgehead atoms. The fourth-order valence-electron chi connectivity index (χ4n) is 3.77. The molecule has 0 heterocycles. The number of rotatable bonds is 17. The zero-order valence-corrected chi connectivity index (χ0v) is 23.3. The Kier molecular flexibility index (Phi) is 12.9. The number of carbonyl (C=O) groups excluding carboxylic acids is 1. The van der Waals surface area contributed by atoms with E-state index >= 15 is 0 Å². The number of amides is 1. The molecule has 1 N–H and O–H groups in total. The molecule has 2 aromatic rings. The summed E-state index contributed by atoms with van der Waals surface area (Å²) in [5.41, 5.74) is 0.657. The number of nitrogens with zero attached hydrogens (tertiary/aromatic N) is 1. The van der Waals surface area contributed by atoms with Crippen molar-refractivity contribution in [1.29, 1.82) is 0 Å². The van der Waals surface area contributed by atoms with E-state index in [1.165, 1.54) is 25.3 Å². The van der Waals surface area contributed by atoms with Gasteiger partial charge in [-0.3, -0.25) is 0 Å². The molecule has 43 heavy (non-hydrogen) atoms. The van der Waals surface area contributed by atoms with E-state index in [1.807, 2.05) is 0 Å². The maximum atomic E-state index is 13.7. The van der Waals surface area contributed by atoms with Gasteiger partial charge in [-0.15, -0.1) is 0 Å². The minimum absolute atomic E-state index is 0.0777. The van der Waals surface area contributed by atoms with Crippen LogP contribution in [0.25, 0.3) is 0 Å². The number of hydrogen-bond acceptors (Lipinski definition) is 6. The molecule has 2 aromatic carbocycles. The minimum Gasteiger partial charge on any atom is -0.497 e. The Bertz CT molecular complexity index is 1180. The first-order valence-electron chi connectivity index (χ1n) is 13.1. The van der Waals surface area contributed by atoms with Gasteiger partial charge in [0.05, 0.1) is 13.7 Å². The molecule has 0 fully saturated rings. The first-order chi connectivity index (χ1) is 20.1. The average Bonchev–Trinajstić information content (AvgIpc) is 2.94. The zero-order chi connectivity index (χ0) is 32.3. The number of unbranched alkanes of at least 4 members (excludes halogenated alkanes) is 1. The van der Waals surface area contributed by atoms with Crippen molar-refractivity contribution < 1.29 is 64.4 Å². The summed E-state index contributed by atoms with van der Waals surface area (Å²) in [5.74, 6) is -11.9. The van der Waals surface area contributed by atoms with Crippen LogP contribution in [0, 0.1) is 0 Å². The van der Waals surface area contributed by atoms with Gasteiger partial charge in [0, 0.05) is 32.1 Å². The Morgan fingerprint density at radius 2 is 1.56 bits per heavy atom. The monoisotopic (exact) mass is 627 g/mol. The van der Waals surface area contributed by atoms with Crippen molar-refractivity contribution >= 4 is 12.1 Å². The van der Waals surface area contributed by atoms with Crippen LogP contribution in [0.4, 0.5) is 35.5 Å². The molecule has 0 radical (unpaired) electrons. The molecule has 1 atom stereocenters. The second-order valence-electron chi connectivity index (χ2n) is 9.25. The van der Waals surface area contributed by atoms with Gasteiger partial charge in [-0.2, -0.15) is 30.7 Å². The third-order valence-electron chi connectivity index (χ3n) is 6.11. The van der Waals surface area contributed by atoms with Crippen LogP contribution < -0.4 is 14.2 Å². The van der Waals surface area contributed by atoms with E-state index in [9.17, 15) is 45.4 Å². The summed E-state index contributed by atoms with van der Waals surface area (Å²) in [6, 6.07) is 12.3. The first-order valence-corrected chi connectivity index (χ1v) is 13.1. The molecule has 0 aliphatic rings. The highest BCUT2D eigenvalue weighted by atomic mass is 19.4. The Balaban J connectivity index is 2.02. The molecular weight excluding hydrogens is 595 g/mol. The number of hydrogen-bond donors (Lipinski definition) is 1. The van der Waals surface area contributed by atoms with Gasteiger partial charge in [-0.1, -0.05) is 18.2 Å². The highest BCUT2D eigenvalue weighted by Crippen LogP contribution is 2.48. The Morgan fingerprint density at radius 3 is 2.14 bits per heavy atom. The number of carbonyl (C=O) groups is 2. The number of ether oxygens (including phenoxy) is 4. The summed E-state index contributed by atoms with van der Waals surface area (Å²) in [6.07, 6.45) is -11.1. The van der Waals surface area contributed by atoms with Gasteiger partial charge in [0.15, 0.2) is 6.10 Å². The van der Waals surface area contributed by atoms with Gasteiger partial charge in [-0.25, -0.2) is 9.59 Å². The van der Waals surface area contributed by atoms with Crippen molar-refractivity contribution in [3.63, 3.8) is 0 Å². The number of aliphatic carboxylic acids is 1. The number of methoxy groups -OCH3 is 1. The number of alkyl halides is 7. The van der Waals surface area contributed by atoms with E-state index < -0.39 is 49.0 Å². The fourth-order valence-corrected chi connectivity index (χ4v) is 3.77. The van der Waals surface area contributed by atoms with Crippen LogP contribution in [0.3, 0.4) is 0 Å². The van der Waals surface area contributed by atoms with Crippen molar-refractivity contribution in [2.45, 2.75) is 56.7 Å². The van der Waals surface area contributed by atoms with Crippen molar-refractivity contribution in [2.24, 2.45) is 0 Å². The third kappa shape index (κ3) is 10.5. The molecule has 1 amide bonds. The molecule has 0 saturated carbocycles. The maximum Gasteiger partial charge on any atom is 0.459 e. The van der Waals surface area contributed by atoms with Crippen molar-refractivity contribution in [1.82, 2.24) is 4.90 Å². The first kappa shape index (κ1) is 35.4. The molecule has 2 rings (SSSR count). The summed E-state index contributed by atoms with van der Waals surface area (Å²) < 4.78 is 112. The maximum absolute atomic E-state index is 13.7. The molecule has 0 aliphatic heterocycles. The van der Waals surface area contributed by atoms with Crippen LogP contribution in [0.15, 0.2) is 48.5 Å². The number of carboxylic acids is 1. The summed E-state index contributed by atoms with van der Waals surface area (Å²) >= 11 is 0. The summed E-state index contributed by atoms with van der Waals surface area (Å²) in [4.78, 5) is 25.1. The highest BCUT2D eigenvalue weighted by molar-refractivity contribution is 5.72. The number of halogens is 7. The topological polar surface area (TPSA) is 94.5 Å². The molecule has 0 spiro atoms. The largest absolute Gasteiger partial charge is 0.497 e. The van der Waals surface area contributed by atoms with Gasteiger partial charge in [0.2, 0.25) is 0 Å². The van der Waals surface area contributed by atoms with E-state index in [-0.39, 0.29) is 44.9 Å². The fraction of sp³-hybridized carbons (Fsp3) is 0.500. The minimum atomic E-state index is -6.42. The van der Waals surface area contributed by atoms with Gasteiger partial charge in [-0.05, 0) is 49.6 Å². The standard InChI is InChI=1S/C28H32F7NO7/c1-3-41-23(24(37)38)17-19-9-11-20(12-10-19)42-16-15-36(25(39)43-22-8-6-7-21(18-22)40-2)14-5-4-13-26(29,30)27(31,32)28(33,34)35/h6-12,18,23H,3-5,13-17H2,1-2H3,(H,37,38). The summed E-state index contributed by atoms with van der Waals surface area (Å²) in [7, 11) is 1.39. The lowest BCUT2D eigenvalue weighted by molar-refractivity contribution is -0.355. The Labute approximate surface area is 243 Å². The van der Waals surface area contributed by atoms with E-state index in [2.05, 4.69) is 0 Å². The Morgan fingerprint density at radius 1 is 0.907 bits per heavy atom.